The Morgan fingerprint density at radius 3 is 2.24 bits per heavy atom. The van der Waals surface area contributed by atoms with E-state index in [1.54, 1.807) is 24.3 Å². The summed E-state index contributed by atoms with van der Waals surface area (Å²) < 4.78 is 15.8. The van der Waals surface area contributed by atoms with E-state index in [0.29, 0.717) is 24.0 Å². The van der Waals surface area contributed by atoms with Crippen LogP contribution in [0.15, 0.2) is 48.5 Å². The van der Waals surface area contributed by atoms with Crippen molar-refractivity contribution in [3.05, 3.63) is 64.7 Å². The summed E-state index contributed by atoms with van der Waals surface area (Å²) in [5.41, 5.74) is -0.0846. The van der Waals surface area contributed by atoms with Crippen molar-refractivity contribution in [1.82, 2.24) is 0 Å². The SMILES string of the molecule is O=C(O)c1ccccc1C(=O)OCCOCCOc1ccccc1Cl. The predicted octanol–water partition coefficient (Wildman–Crippen LogP) is 3.29. The topological polar surface area (TPSA) is 82.1 Å². The van der Waals surface area contributed by atoms with E-state index in [4.69, 9.17) is 30.9 Å². The molecule has 0 heterocycles. The second-order valence-corrected chi connectivity index (χ2v) is 5.29. The van der Waals surface area contributed by atoms with Crippen molar-refractivity contribution in [3.8, 4) is 5.75 Å². The van der Waals surface area contributed by atoms with Crippen LogP contribution in [0, 0.1) is 0 Å². The van der Waals surface area contributed by atoms with Crippen molar-refractivity contribution < 1.29 is 28.9 Å². The van der Waals surface area contributed by atoms with Crippen molar-refractivity contribution in [1.29, 1.82) is 0 Å². The van der Waals surface area contributed by atoms with Crippen LogP contribution in [-0.4, -0.2) is 43.5 Å². The van der Waals surface area contributed by atoms with E-state index in [9.17, 15) is 9.59 Å². The smallest absolute Gasteiger partial charge is 0.339 e. The van der Waals surface area contributed by atoms with Crippen LogP contribution in [-0.2, 0) is 9.47 Å². The summed E-state index contributed by atoms with van der Waals surface area (Å²) >= 11 is 5.95. The second-order valence-electron chi connectivity index (χ2n) is 4.88. The fourth-order valence-corrected chi connectivity index (χ4v) is 2.18. The number of aromatic carboxylic acids is 1. The van der Waals surface area contributed by atoms with Crippen molar-refractivity contribution >= 4 is 23.5 Å². The van der Waals surface area contributed by atoms with Gasteiger partial charge < -0.3 is 19.3 Å². The Morgan fingerprint density at radius 1 is 0.880 bits per heavy atom. The molecule has 0 radical (unpaired) electrons. The normalized spacial score (nSPS) is 10.3. The number of carbonyl (C=O) groups is 2. The average Bonchev–Trinajstić information content (AvgIpc) is 2.62. The molecule has 0 aromatic heterocycles. The van der Waals surface area contributed by atoms with Crippen molar-refractivity contribution in [2.24, 2.45) is 0 Å². The number of carboxylic acid groups (broad SMARTS) is 1. The van der Waals surface area contributed by atoms with Crippen LogP contribution in [0.5, 0.6) is 5.75 Å². The van der Waals surface area contributed by atoms with Crippen molar-refractivity contribution in [2.75, 3.05) is 26.4 Å². The summed E-state index contributed by atoms with van der Waals surface area (Å²) in [4.78, 5) is 23.0. The lowest BCUT2D eigenvalue weighted by Gasteiger charge is -2.09. The standard InChI is InChI=1S/C18H17ClO6/c19-15-7-3-4-8-16(15)24-11-9-23-10-12-25-18(22)14-6-2-1-5-13(14)17(20)21/h1-8H,9-12H2,(H,20,21). The first kappa shape index (κ1) is 18.8. The van der Waals surface area contributed by atoms with Gasteiger partial charge in [0.25, 0.3) is 0 Å². The number of ether oxygens (including phenoxy) is 3. The third kappa shape index (κ3) is 5.77. The number of esters is 1. The van der Waals surface area contributed by atoms with E-state index in [0.717, 1.165) is 0 Å². The number of hydrogen-bond donors (Lipinski definition) is 1. The second kappa shape index (κ2) is 9.66. The van der Waals surface area contributed by atoms with Gasteiger partial charge in [-0.3, -0.25) is 0 Å². The van der Waals surface area contributed by atoms with Gasteiger partial charge >= 0.3 is 11.9 Å². The zero-order valence-electron chi connectivity index (χ0n) is 13.3. The van der Waals surface area contributed by atoms with Gasteiger partial charge in [-0.25, -0.2) is 9.59 Å². The fourth-order valence-electron chi connectivity index (χ4n) is 1.99. The minimum atomic E-state index is -1.18. The Labute approximate surface area is 149 Å². The molecule has 0 aliphatic heterocycles. The number of benzene rings is 2. The first-order valence-corrected chi connectivity index (χ1v) is 7.92. The third-order valence-electron chi connectivity index (χ3n) is 3.16. The van der Waals surface area contributed by atoms with Crippen LogP contribution in [0.1, 0.15) is 20.7 Å². The van der Waals surface area contributed by atoms with E-state index in [-0.39, 0.29) is 24.3 Å². The average molecular weight is 365 g/mol. The zero-order chi connectivity index (χ0) is 18.1. The third-order valence-corrected chi connectivity index (χ3v) is 3.47. The molecule has 0 unspecified atom stereocenters. The van der Waals surface area contributed by atoms with Crippen LogP contribution in [0.4, 0.5) is 0 Å². The van der Waals surface area contributed by atoms with Gasteiger partial charge in [-0.15, -0.1) is 0 Å². The maximum Gasteiger partial charge on any atom is 0.339 e. The number of para-hydroxylation sites is 1. The molecule has 6 nitrogen and oxygen atoms in total. The summed E-state index contributed by atoms with van der Waals surface area (Å²) in [6.45, 7) is 0.791. The van der Waals surface area contributed by atoms with E-state index >= 15 is 0 Å². The molecule has 132 valence electrons. The van der Waals surface area contributed by atoms with Gasteiger partial charge in [0.2, 0.25) is 0 Å². The van der Waals surface area contributed by atoms with Crippen LogP contribution in [0.2, 0.25) is 5.02 Å². The maximum absolute atomic E-state index is 11.9. The van der Waals surface area contributed by atoms with Gasteiger partial charge in [0.15, 0.2) is 0 Å². The summed E-state index contributed by atoms with van der Waals surface area (Å²) in [7, 11) is 0. The van der Waals surface area contributed by atoms with Crippen LogP contribution >= 0.6 is 11.6 Å². The van der Waals surface area contributed by atoms with Gasteiger partial charge in [0.05, 0.1) is 29.4 Å². The van der Waals surface area contributed by atoms with Gasteiger partial charge in [-0.1, -0.05) is 35.9 Å². The summed E-state index contributed by atoms with van der Waals surface area (Å²) in [5.74, 6) is -1.31. The predicted molar refractivity (Wildman–Crippen MR) is 91.4 cm³/mol. The number of carboxylic acids is 1. The molecule has 0 fully saturated rings. The minimum Gasteiger partial charge on any atom is -0.490 e. The van der Waals surface area contributed by atoms with Gasteiger partial charge in [0, 0.05) is 0 Å². The van der Waals surface area contributed by atoms with E-state index in [2.05, 4.69) is 0 Å². The lowest BCUT2D eigenvalue weighted by atomic mass is 10.1. The molecule has 2 rings (SSSR count). The molecule has 0 amide bonds. The van der Waals surface area contributed by atoms with Crippen LogP contribution in [0.25, 0.3) is 0 Å². The fraction of sp³-hybridized carbons (Fsp3) is 0.222. The highest BCUT2D eigenvalue weighted by Crippen LogP contribution is 2.22. The summed E-state index contributed by atoms with van der Waals surface area (Å²) in [6.07, 6.45) is 0. The molecule has 7 heteroatoms. The molecule has 0 spiro atoms. The molecule has 2 aromatic rings. The lowest BCUT2D eigenvalue weighted by Crippen LogP contribution is -2.16. The molecule has 0 aliphatic rings. The monoisotopic (exact) mass is 364 g/mol. The summed E-state index contributed by atoms with van der Waals surface area (Å²) in [6, 6.07) is 13.0. The van der Waals surface area contributed by atoms with E-state index in [1.165, 1.54) is 12.1 Å². The quantitative estimate of drug-likeness (QED) is 0.543. The van der Waals surface area contributed by atoms with Crippen molar-refractivity contribution in [3.63, 3.8) is 0 Å². The van der Waals surface area contributed by atoms with Gasteiger partial charge in [0.1, 0.15) is 19.0 Å². The number of hydrogen-bond acceptors (Lipinski definition) is 5. The zero-order valence-corrected chi connectivity index (χ0v) is 14.1. The first-order valence-electron chi connectivity index (χ1n) is 7.54. The number of halogens is 1. The van der Waals surface area contributed by atoms with Gasteiger partial charge in [-0.2, -0.15) is 0 Å². The van der Waals surface area contributed by atoms with E-state index < -0.39 is 11.9 Å². The molecule has 0 saturated heterocycles. The largest absolute Gasteiger partial charge is 0.490 e. The van der Waals surface area contributed by atoms with Crippen LogP contribution in [0.3, 0.4) is 0 Å². The molecular formula is C18H17ClO6. The highest BCUT2D eigenvalue weighted by atomic mass is 35.5. The molecule has 25 heavy (non-hydrogen) atoms. The Kier molecular flexibility index (Phi) is 7.25. The molecular weight excluding hydrogens is 348 g/mol. The highest BCUT2D eigenvalue weighted by Gasteiger charge is 2.16. The molecule has 0 saturated carbocycles. The lowest BCUT2D eigenvalue weighted by molar-refractivity contribution is 0.0269. The Hall–Kier alpha value is -2.57. The molecule has 1 N–H and O–H groups in total. The highest BCUT2D eigenvalue weighted by molar-refractivity contribution is 6.32. The molecule has 0 bridgehead atoms. The Morgan fingerprint density at radius 2 is 1.52 bits per heavy atom. The first-order chi connectivity index (χ1) is 12.1. The molecule has 0 atom stereocenters. The maximum atomic E-state index is 11.9. The minimum absolute atomic E-state index is 0.0112. The van der Waals surface area contributed by atoms with Crippen molar-refractivity contribution in [2.45, 2.75) is 0 Å². The molecule has 0 aliphatic carbocycles. The van der Waals surface area contributed by atoms with Gasteiger partial charge in [-0.05, 0) is 24.3 Å². The number of rotatable bonds is 9. The van der Waals surface area contributed by atoms with Crippen LogP contribution < -0.4 is 4.74 Å². The summed E-state index contributed by atoms with van der Waals surface area (Å²) in [5, 5.41) is 9.56. The van der Waals surface area contributed by atoms with E-state index in [1.807, 2.05) is 12.1 Å². The Bertz CT molecular complexity index is 731. The molecule has 2 aromatic carbocycles. The number of carbonyl (C=O) groups excluding carboxylic acids is 1. The Balaban J connectivity index is 1.66.